The number of anilines is 1. The van der Waals surface area contributed by atoms with E-state index in [1.54, 1.807) is 12.4 Å². The molecular formula is C20H26N6O. The van der Waals surface area contributed by atoms with Crippen LogP contribution in [0, 0.1) is 5.92 Å². The molecule has 1 aromatic heterocycles. The summed E-state index contributed by atoms with van der Waals surface area (Å²) in [6, 6.07) is 10.3. The molecule has 2 aliphatic rings. The number of carbonyl (C=O) groups is 1. The summed E-state index contributed by atoms with van der Waals surface area (Å²) in [5.41, 5.74) is 8.35. The highest BCUT2D eigenvalue weighted by Crippen LogP contribution is 2.21. The first-order valence-corrected chi connectivity index (χ1v) is 9.61. The summed E-state index contributed by atoms with van der Waals surface area (Å²) in [4.78, 5) is 26.0. The van der Waals surface area contributed by atoms with Crippen molar-refractivity contribution in [3.63, 3.8) is 0 Å². The second-order valence-corrected chi connectivity index (χ2v) is 7.25. The number of hydrogen-bond donors (Lipinski definition) is 2. The number of rotatable bonds is 4. The predicted molar refractivity (Wildman–Crippen MR) is 104 cm³/mol. The number of para-hydroxylation sites is 1. The van der Waals surface area contributed by atoms with Crippen molar-refractivity contribution in [3.05, 3.63) is 54.6 Å². The number of nitrogens with one attached hydrogen (secondary N) is 2. The second-order valence-electron chi connectivity index (χ2n) is 7.25. The summed E-state index contributed by atoms with van der Waals surface area (Å²) in [7, 11) is 0. The van der Waals surface area contributed by atoms with Gasteiger partial charge in [0, 0.05) is 57.0 Å². The van der Waals surface area contributed by atoms with Gasteiger partial charge in [0.2, 0.25) is 5.91 Å². The van der Waals surface area contributed by atoms with Crippen LogP contribution in [-0.4, -0.2) is 59.5 Å². The van der Waals surface area contributed by atoms with E-state index in [1.807, 2.05) is 17.2 Å². The maximum atomic E-state index is 13.0. The number of nitrogens with zero attached hydrogens (tertiary/aromatic N) is 4. The molecule has 1 aromatic carbocycles. The van der Waals surface area contributed by atoms with Gasteiger partial charge in [0.05, 0.1) is 5.69 Å². The van der Waals surface area contributed by atoms with E-state index in [9.17, 15) is 4.79 Å². The highest BCUT2D eigenvalue weighted by molar-refractivity contribution is 5.82. The minimum atomic E-state index is -0.120. The quantitative estimate of drug-likeness (QED) is 0.836. The van der Waals surface area contributed by atoms with Crippen LogP contribution in [0.3, 0.4) is 0 Å². The van der Waals surface area contributed by atoms with Crippen LogP contribution < -0.4 is 15.8 Å². The van der Waals surface area contributed by atoms with Gasteiger partial charge < -0.3 is 9.80 Å². The van der Waals surface area contributed by atoms with Crippen molar-refractivity contribution >= 4 is 11.6 Å². The molecule has 27 heavy (non-hydrogen) atoms. The molecule has 2 aromatic rings. The molecule has 2 saturated heterocycles. The largest absolute Gasteiger partial charge is 0.369 e. The molecule has 0 saturated carbocycles. The van der Waals surface area contributed by atoms with Crippen LogP contribution >= 0.6 is 0 Å². The van der Waals surface area contributed by atoms with Crippen LogP contribution in [0.1, 0.15) is 12.1 Å². The van der Waals surface area contributed by atoms with Crippen LogP contribution in [0.15, 0.2) is 48.9 Å². The Hall–Kier alpha value is -2.51. The van der Waals surface area contributed by atoms with Gasteiger partial charge in [-0.2, -0.15) is 0 Å². The third-order valence-corrected chi connectivity index (χ3v) is 5.28. The van der Waals surface area contributed by atoms with Crippen molar-refractivity contribution in [1.82, 2.24) is 25.7 Å². The zero-order valence-corrected chi connectivity index (χ0v) is 15.4. The van der Waals surface area contributed by atoms with E-state index in [1.165, 1.54) is 5.69 Å². The van der Waals surface area contributed by atoms with Crippen molar-refractivity contribution in [2.24, 2.45) is 5.92 Å². The number of hydrogen-bond acceptors (Lipinski definition) is 6. The van der Waals surface area contributed by atoms with Gasteiger partial charge in [-0.05, 0) is 30.9 Å². The third kappa shape index (κ3) is 4.43. The Morgan fingerprint density at radius 3 is 2.78 bits per heavy atom. The van der Waals surface area contributed by atoms with Gasteiger partial charge in [-0.25, -0.2) is 5.43 Å². The van der Waals surface area contributed by atoms with Crippen LogP contribution in [-0.2, 0) is 11.2 Å². The SMILES string of the molecule is O=C(C1CCNN1)N1CCN(c2ccccc2)CC(Cc2cnccn2)C1. The van der Waals surface area contributed by atoms with Crippen LogP contribution in [0.25, 0.3) is 0 Å². The first kappa shape index (κ1) is 17.9. The van der Waals surface area contributed by atoms with Gasteiger partial charge in [0.15, 0.2) is 0 Å². The minimum Gasteiger partial charge on any atom is -0.369 e. The summed E-state index contributed by atoms with van der Waals surface area (Å²) in [6.45, 7) is 4.07. The lowest BCUT2D eigenvalue weighted by atomic mass is 10.0. The molecule has 0 aliphatic carbocycles. The van der Waals surface area contributed by atoms with Crippen LogP contribution in [0.2, 0.25) is 0 Å². The Kier molecular flexibility index (Phi) is 5.60. The number of aromatic nitrogens is 2. The normalized spacial score (nSPS) is 23.3. The standard InChI is InChI=1S/C20H26N6O/c27-20(19-6-7-23-24-19)26-11-10-25(18-4-2-1-3-5-18)14-16(15-26)12-17-13-21-8-9-22-17/h1-5,8-9,13,16,19,23-24H,6-7,10-12,14-15H2. The highest BCUT2D eigenvalue weighted by atomic mass is 16.2. The van der Waals surface area contributed by atoms with Gasteiger partial charge >= 0.3 is 0 Å². The van der Waals surface area contributed by atoms with E-state index in [0.29, 0.717) is 5.92 Å². The van der Waals surface area contributed by atoms with E-state index in [0.717, 1.165) is 51.3 Å². The molecule has 2 N–H and O–H groups in total. The fraction of sp³-hybridized carbons (Fsp3) is 0.450. The molecule has 142 valence electrons. The van der Waals surface area contributed by atoms with E-state index < -0.39 is 0 Å². The number of benzene rings is 1. The lowest BCUT2D eigenvalue weighted by Crippen LogP contribution is -2.47. The van der Waals surface area contributed by atoms with Crippen molar-refractivity contribution in [3.8, 4) is 0 Å². The second kappa shape index (κ2) is 8.45. The fourth-order valence-corrected chi connectivity index (χ4v) is 3.93. The average molecular weight is 366 g/mol. The molecule has 0 bridgehead atoms. The zero-order chi connectivity index (χ0) is 18.5. The lowest BCUT2D eigenvalue weighted by Gasteiger charge is -2.26. The summed E-state index contributed by atoms with van der Waals surface area (Å²) in [5.74, 6) is 0.502. The lowest BCUT2D eigenvalue weighted by molar-refractivity contribution is -0.133. The van der Waals surface area contributed by atoms with Crippen LogP contribution in [0.5, 0.6) is 0 Å². The number of hydrazine groups is 1. The van der Waals surface area contributed by atoms with Gasteiger partial charge in [-0.3, -0.25) is 20.2 Å². The molecule has 2 aliphatic heterocycles. The number of amides is 1. The number of carbonyl (C=O) groups excluding carboxylic acids is 1. The first-order chi connectivity index (χ1) is 13.3. The Balaban J connectivity index is 1.52. The molecule has 7 nitrogen and oxygen atoms in total. The van der Waals surface area contributed by atoms with Crippen LogP contribution in [0.4, 0.5) is 5.69 Å². The molecule has 7 heteroatoms. The topological polar surface area (TPSA) is 73.4 Å². The monoisotopic (exact) mass is 366 g/mol. The van der Waals surface area contributed by atoms with E-state index in [-0.39, 0.29) is 11.9 Å². The Morgan fingerprint density at radius 2 is 2.04 bits per heavy atom. The van der Waals surface area contributed by atoms with Crippen molar-refractivity contribution in [2.45, 2.75) is 18.9 Å². The summed E-state index contributed by atoms with van der Waals surface area (Å²) < 4.78 is 0. The predicted octanol–water partition coefficient (Wildman–Crippen LogP) is 0.851. The maximum Gasteiger partial charge on any atom is 0.241 e. The Morgan fingerprint density at radius 1 is 1.15 bits per heavy atom. The van der Waals surface area contributed by atoms with Crippen molar-refractivity contribution in [2.75, 3.05) is 37.6 Å². The fourth-order valence-electron chi connectivity index (χ4n) is 3.93. The molecule has 1 amide bonds. The molecular weight excluding hydrogens is 340 g/mol. The smallest absolute Gasteiger partial charge is 0.241 e. The highest BCUT2D eigenvalue weighted by Gasteiger charge is 2.31. The van der Waals surface area contributed by atoms with Crippen molar-refractivity contribution in [1.29, 1.82) is 0 Å². The molecule has 4 rings (SSSR count). The first-order valence-electron chi connectivity index (χ1n) is 9.61. The summed E-state index contributed by atoms with van der Waals surface area (Å²) in [5, 5.41) is 0. The van der Waals surface area contributed by atoms with E-state index >= 15 is 0 Å². The Bertz CT molecular complexity index is 735. The molecule has 2 atom stereocenters. The van der Waals surface area contributed by atoms with Crippen molar-refractivity contribution < 1.29 is 4.79 Å². The van der Waals surface area contributed by atoms with Gasteiger partial charge in [-0.15, -0.1) is 0 Å². The molecule has 2 fully saturated rings. The van der Waals surface area contributed by atoms with Gasteiger partial charge in [-0.1, -0.05) is 18.2 Å². The molecule has 0 spiro atoms. The van der Waals surface area contributed by atoms with E-state index in [4.69, 9.17) is 0 Å². The minimum absolute atomic E-state index is 0.120. The zero-order valence-electron chi connectivity index (χ0n) is 15.4. The summed E-state index contributed by atoms with van der Waals surface area (Å²) in [6.07, 6.45) is 6.91. The Labute approximate surface area is 159 Å². The molecule has 3 heterocycles. The maximum absolute atomic E-state index is 13.0. The van der Waals surface area contributed by atoms with Gasteiger partial charge in [0.25, 0.3) is 0 Å². The molecule has 0 radical (unpaired) electrons. The van der Waals surface area contributed by atoms with E-state index in [2.05, 4.69) is 50.0 Å². The average Bonchev–Trinajstić information content (AvgIpc) is 3.17. The van der Waals surface area contributed by atoms with Gasteiger partial charge in [0.1, 0.15) is 6.04 Å². The molecule has 2 unspecified atom stereocenters. The summed E-state index contributed by atoms with van der Waals surface area (Å²) >= 11 is 0. The third-order valence-electron chi connectivity index (χ3n) is 5.28.